The van der Waals surface area contributed by atoms with Crippen LogP contribution in [0, 0.1) is 17.6 Å². The van der Waals surface area contributed by atoms with Gasteiger partial charge < -0.3 is 5.11 Å². The SMILES string of the molecule is CC1CCN(Cc2cc(F)ccc2F)C1C(=O)O. The third kappa shape index (κ3) is 2.51. The molecule has 0 saturated carbocycles. The van der Waals surface area contributed by atoms with Crippen LogP contribution in [0.1, 0.15) is 18.9 Å². The molecule has 1 aliphatic heterocycles. The van der Waals surface area contributed by atoms with Gasteiger partial charge in [0, 0.05) is 12.1 Å². The molecule has 0 radical (unpaired) electrons. The van der Waals surface area contributed by atoms with Crippen molar-refractivity contribution in [3.8, 4) is 0 Å². The highest BCUT2D eigenvalue weighted by atomic mass is 19.1. The van der Waals surface area contributed by atoms with Crippen LogP contribution in [0.3, 0.4) is 0 Å². The van der Waals surface area contributed by atoms with Gasteiger partial charge in [-0.2, -0.15) is 0 Å². The molecule has 1 aromatic carbocycles. The van der Waals surface area contributed by atoms with Gasteiger partial charge >= 0.3 is 5.97 Å². The molecule has 1 saturated heterocycles. The van der Waals surface area contributed by atoms with Crippen LogP contribution in [-0.2, 0) is 11.3 Å². The lowest BCUT2D eigenvalue weighted by Crippen LogP contribution is -2.38. The third-order valence-corrected chi connectivity index (χ3v) is 3.44. The van der Waals surface area contributed by atoms with E-state index in [0.29, 0.717) is 6.54 Å². The van der Waals surface area contributed by atoms with Crippen LogP contribution < -0.4 is 0 Å². The van der Waals surface area contributed by atoms with E-state index in [4.69, 9.17) is 5.11 Å². The van der Waals surface area contributed by atoms with Crippen molar-refractivity contribution in [2.24, 2.45) is 5.92 Å². The molecule has 0 amide bonds. The van der Waals surface area contributed by atoms with E-state index >= 15 is 0 Å². The second kappa shape index (κ2) is 5.02. The number of carbonyl (C=O) groups is 1. The Labute approximate surface area is 104 Å². The van der Waals surface area contributed by atoms with Gasteiger partial charge in [0.15, 0.2) is 0 Å². The van der Waals surface area contributed by atoms with E-state index in [0.717, 1.165) is 24.6 Å². The van der Waals surface area contributed by atoms with Gasteiger partial charge in [0.2, 0.25) is 0 Å². The average molecular weight is 255 g/mol. The summed E-state index contributed by atoms with van der Waals surface area (Å²) in [6, 6.07) is 2.63. The number of aliphatic carboxylic acids is 1. The molecule has 0 aromatic heterocycles. The number of carboxylic acids is 1. The summed E-state index contributed by atoms with van der Waals surface area (Å²) in [5.41, 5.74) is 0.204. The Morgan fingerprint density at radius 3 is 2.89 bits per heavy atom. The summed E-state index contributed by atoms with van der Waals surface area (Å²) in [4.78, 5) is 12.8. The fraction of sp³-hybridized carbons (Fsp3) is 0.462. The fourth-order valence-electron chi connectivity index (χ4n) is 2.49. The predicted octanol–water partition coefficient (Wildman–Crippen LogP) is 2.26. The number of hydrogen-bond donors (Lipinski definition) is 1. The van der Waals surface area contributed by atoms with E-state index < -0.39 is 23.6 Å². The average Bonchev–Trinajstić information content (AvgIpc) is 2.65. The van der Waals surface area contributed by atoms with Crippen LogP contribution in [0.5, 0.6) is 0 Å². The molecular formula is C13H15F2NO2. The number of carboxylic acid groups (broad SMARTS) is 1. The number of benzene rings is 1. The van der Waals surface area contributed by atoms with E-state index in [1.165, 1.54) is 0 Å². The highest BCUT2D eigenvalue weighted by molar-refractivity contribution is 5.74. The zero-order chi connectivity index (χ0) is 13.3. The lowest BCUT2D eigenvalue weighted by molar-refractivity contribution is -0.143. The first kappa shape index (κ1) is 13.0. The van der Waals surface area contributed by atoms with Crippen molar-refractivity contribution in [2.75, 3.05) is 6.54 Å². The molecule has 2 atom stereocenters. The van der Waals surface area contributed by atoms with Crippen LogP contribution in [-0.4, -0.2) is 28.6 Å². The van der Waals surface area contributed by atoms with E-state index in [9.17, 15) is 13.6 Å². The van der Waals surface area contributed by atoms with Gasteiger partial charge in [0.25, 0.3) is 0 Å². The normalized spacial score (nSPS) is 24.4. The van der Waals surface area contributed by atoms with Crippen molar-refractivity contribution < 1.29 is 18.7 Å². The molecule has 2 rings (SSSR count). The molecular weight excluding hydrogens is 240 g/mol. The summed E-state index contributed by atoms with van der Waals surface area (Å²) in [6.07, 6.45) is 0.758. The summed E-state index contributed by atoms with van der Waals surface area (Å²) in [5, 5.41) is 9.15. The topological polar surface area (TPSA) is 40.5 Å². The summed E-state index contributed by atoms with van der Waals surface area (Å²) in [7, 11) is 0. The number of halogens is 2. The summed E-state index contributed by atoms with van der Waals surface area (Å²) in [5.74, 6) is -1.89. The maximum atomic E-state index is 13.5. The minimum atomic E-state index is -0.906. The molecule has 98 valence electrons. The van der Waals surface area contributed by atoms with Gasteiger partial charge in [0.1, 0.15) is 17.7 Å². The second-order valence-electron chi connectivity index (χ2n) is 4.76. The quantitative estimate of drug-likeness (QED) is 0.900. The summed E-state index contributed by atoms with van der Waals surface area (Å²) in [6.45, 7) is 2.58. The fourth-order valence-corrected chi connectivity index (χ4v) is 2.49. The lowest BCUT2D eigenvalue weighted by atomic mass is 10.0. The first-order valence-electron chi connectivity index (χ1n) is 5.90. The number of likely N-dealkylation sites (tertiary alicyclic amines) is 1. The van der Waals surface area contributed by atoms with E-state index in [2.05, 4.69) is 0 Å². The molecule has 1 N–H and O–H groups in total. The summed E-state index contributed by atoms with van der Waals surface area (Å²) < 4.78 is 26.6. The monoisotopic (exact) mass is 255 g/mol. The summed E-state index contributed by atoms with van der Waals surface area (Å²) >= 11 is 0. The minimum absolute atomic E-state index is 0.0270. The molecule has 0 spiro atoms. The Balaban J connectivity index is 2.18. The zero-order valence-electron chi connectivity index (χ0n) is 10.1. The Kier molecular flexibility index (Phi) is 3.61. The Hall–Kier alpha value is -1.49. The van der Waals surface area contributed by atoms with Crippen molar-refractivity contribution in [2.45, 2.75) is 25.9 Å². The van der Waals surface area contributed by atoms with Gasteiger partial charge in [-0.15, -0.1) is 0 Å². The molecule has 3 nitrogen and oxygen atoms in total. The number of rotatable bonds is 3. The van der Waals surface area contributed by atoms with Gasteiger partial charge in [-0.3, -0.25) is 9.69 Å². The third-order valence-electron chi connectivity index (χ3n) is 3.44. The van der Waals surface area contributed by atoms with E-state index in [-0.39, 0.29) is 18.0 Å². The van der Waals surface area contributed by atoms with Crippen LogP contribution in [0.15, 0.2) is 18.2 Å². The highest BCUT2D eigenvalue weighted by Crippen LogP contribution is 2.26. The van der Waals surface area contributed by atoms with Crippen LogP contribution in [0.25, 0.3) is 0 Å². The first-order valence-corrected chi connectivity index (χ1v) is 5.90. The largest absolute Gasteiger partial charge is 0.480 e. The lowest BCUT2D eigenvalue weighted by Gasteiger charge is -2.23. The molecule has 5 heteroatoms. The standard InChI is InChI=1S/C13H15F2NO2/c1-8-4-5-16(12(8)13(17)18)7-9-6-10(14)2-3-11(9)15/h2-3,6,8,12H,4-5,7H2,1H3,(H,17,18). The Morgan fingerprint density at radius 2 is 2.22 bits per heavy atom. The Bertz CT molecular complexity index is 464. The molecule has 1 heterocycles. The molecule has 1 aromatic rings. The van der Waals surface area contributed by atoms with Crippen molar-refractivity contribution in [3.63, 3.8) is 0 Å². The molecule has 0 bridgehead atoms. The Morgan fingerprint density at radius 1 is 1.50 bits per heavy atom. The molecule has 1 aliphatic rings. The van der Waals surface area contributed by atoms with Crippen molar-refractivity contribution in [3.05, 3.63) is 35.4 Å². The smallest absolute Gasteiger partial charge is 0.321 e. The van der Waals surface area contributed by atoms with E-state index in [1.54, 1.807) is 4.90 Å². The maximum absolute atomic E-state index is 13.5. The zero-order valence-corrected chi connectivity index (χ0v) is 10.1. The van der Waals surface area contributed by atoms with Crippen molar-refractivity contribution >= 4 is 5.97 Å². The van der Waals surface area contributed by atoms with Crippen molar-refractivity contribution in [1.29, 1.82) is 0 Å². The minimum Gasteiger partial charge on any atom is -0.480 e. The highest BCUT2D eigenvalue weighted by Gasteiger charge is 2.36. The molecule has 2 unspecified atom stereocenters. The van der Waals surface area contributed by atoms with Crippen molar-refractivity contribution in [1.82, 2.24) is 4.90 Å². The second-order valence-corrected chi connectivity index (χ2v) is 4.76. The van der Waals surface area contributed by atoms with Crippen LogP contribution in [0.2, 0.25) is 0 Å². The number of hydrogen-bond acceptors (Lipinski definition) is 2. The van der Waals surface area contributed by atoms with Gasteiger partial charge in [0.05, 0.1) is 0 Å². The van der Waals surface area contributed by atoms with Gasteiger partial charge in [-0.05, 0) is 37.1 Å². The van der Waals surface area contributed by atoms with Crippen LogP contribution in [0.4, 0.5) is 8.78 Å². The molecule has 0 aliphatic carbocycles. The van der Waals surface area contributed by atoms with Gasteiger partial charge in [-0.25, -0.2) is 8.78 Å². The maximum Gasteiger partial charge on any atom is 0.321 e. The van der Waals surface area contributed by atoms with Crippen LogP contribution >= 0.6 is 0 Å². The van der Waals surface area contributed by atoms with Gasteiger partial charge in [-0.1, -0.05) is 6.92 Å². The predicted molar refractivity (Wildman–Crippen MR) is 62.0 cm³/mol. The first-order chi connectivity index (χ1) is 8.49. The van der Waals surface area contributed by atoms with E-state index in [1.807, 2.05) is 6.92 Å². The molecule has 18 heavy (non-hydrogen) atoms. The number of nitrogens with zero attached hydrogens (tertiary/aromatic N) is 1. The molecule has 1 fully saturated rings.